The zero-order chi connectivity index (χ0) is 19.9. The van der Waals surface area contributed by atoms with Gasteiger partial charge in [-0.1, -0.05) is 41.4 Å². The van der Waals surface area contributed by atoms with Crippen LogP contribution in [-0.2, 0) is 10.0 Å². The van der Waals surface area contributed by atoms with Gasteiger partial charge in [0.15, 0.2) is 0 Å². The van der Waals surface area contributed by atoms with Crippen LogP contribution in [0.2, 0.25) is 10.0 Å². The fraction of sp³-hybridized carbons (Fsp3) is 0.0500. The summed E-state index contributed by atoms with van der Waals surface area (Å²) in [6, 6.07) is 15.3. The molecule has 2 aromatic heterocycles. The lowest BCUT2D eigenvalue weighted by atomic mass is 10.1. The van der Waals surface area contributed by atoms with Crippen molar-refractivity contribution in [3.63, 3.8) is 0 Å². The van der Waals surface area contributed by atoms with Gasteiger partial charge in [0.05, 0.1) is 10.7 Å². The summed E-state index contributed by atoms with van der Waals surface area (Å²) in [7, 11) is -3.89. The normalized spacial score (nSPS) is 11.7. The molecule has 0 atom stereocenters. The van der Waals surface area contributed by atoms with Crippen LogP contribution in [0.1, 0.15) is 5.56 Å². The molecule has 0 saturated heterocycles. The van der Waals surface area contributed by atoms with Gasteiger partial charge in [0.1, 0.15) is 10.5 Å². The zero-order valence-corrected chi connectivity index (χ0v) is 17.1. The number of hydrogen-bond donors (Lipinski definition) is 1. The number of anilines is 1. The molecule has 2 aromatic carbocycles. The van der Waals surface area contributed by atoms with Gasteiger partial charge in [-0.25, -0.2) is 13.4 Å². The minimum atomic E-state index is -3.89. The van der Waals surface area contributed by atoms with E-state index in [4.69, 9.17) is 23.2 Å². The number of aryl methyl sites for hydroxylation is 1. The molecule has 1 N–H and O–H groups in total. The van der Waals surface area contributed by atoms with Gasteiger partial charge in [0.25, 0.3) is 10.0 Å². The first-order valence-corrected chi connectivity index (χ1v) is 10.6. The van der Waals surface area contributed by atoms with Crippen molar-refractivity contribution in [1.82, 2.24) is 9.38 Å². The Bertz CT molecular complexity index is 1300. The summed E-state index contributed by atoms with van der Waals surface area (Å²) in [5.74, 6) is 0. The van der Waals surface area contributed by atoms with Crippen LogP contribution >= 0.6 is 23.2 Å². The van der Waals surface area contributed by atoms with E-state index in [9.17, 15) is 8.42 Å². The summed E-state index contributed by atoms with van der Waals surface area (Å²) in [6.07, 6.45) is 3.83. The molecular formula is C20H15Cl2N3O2S. The maximum absolute atomic E-state index is 12.7. The molecule has 0 aliphatic carbocycles. The molecule has 4 rings (SSSR count). The van der Waals surface area contributed by atoms with Crippen molar-refractivity contribution in [2.24, 2.45) is 0 Å². The number of halogens is 2. The minimum absolute atomic E-state index is 0.0737. The third-order valence-corrected chi connectivity index (χ3v) is 6.37. The van der Waals surface area contributed by atoms with Gasteiger partial charge >= 0.3 is 0 Å². The second-order valence-corrected chi connectivity index (χ2v) is 8.80. The fourth-order valence-corrected chi connectivity index (χ4v) is 4.74. The monoisotopic (exact) mass is 431 g/mol. The van der Waals surface area contributed by atoms with Crippen molar-refractivity contribution in [3.8, 4) is 11.3 Å². The molecule has 0 bridgehead atoms. The molecule has 2 heterocycles. The van der Waals surface area contributed by atoms with E-state index in [1.165, 1.54) is 18.2 Å². The Morgan fingerprint density at radius 2 is 1.86 bits per heavy atom. The van der Waals surface area contributed by atoms with Crippen molar-refractivity contribution in [3.05, 3.63) is 82.6 Å². The number of aromatic nitrogens is 2. The van der Waals surface area contributed by atoms with E-state index >= 15 is 0 Å². The van der Waals surface area contributed by atoms with E-state index in [0.29, 0.717) is 10.7 Å². The second kappa shape index (κ2) is 7.13. The Balaban J connectivity index is 1.70. The molecule has 142 valence electrons. The molecule has 28 heavy (non-hydrogen) atoms. The molecule has 0 radical (unpaired) electrons. The van der Waals surface area contributed by atoms with E-state index in [-0.39, 0.29) is 9.92 Å². The lowest BCUT2D eigenvalue weighted by Gasteiger charge is -2.10. The fourth-order valence-electron chi connectivity index (χ4n) is 2.93. The highest BCUT2D eigenvalue weighted by molar-refractivity contribution is 7.92. The van der Waals surface area contributed by atoms with Crippen LogP contribution in [0.5, 0.6) is 0 Å². The third kappa shape index (κ3) is 3.58. The average Bonchev–Trinajstić information content (AvgIpc) is 3.09. The van der Waals surface area contributed by atoms with Crippen LogP contribution in [0.4, 0.5) is 5.69 Å². The number of sulfonamides is 1. The maximum Gasteiger partial charge on any atom is 0.263 e. The predicted octanol–water partition coefficient (Wildman–Crippen LogP) is 5.42. The van der Waals surface area contributed by atoms with Crippen molar-refractivity contribution in [2.45, 2.75) is 11.8 Å². The zero-order valence-electron chi connectivity index (χ0n) is 14.7. The largest absolute Gasteiger partial charge is 0.306 e. The van der Waals surface area contributed by atoms with Crippen LogP contribution < -0.4 is 4.72 Å². The lowest BCUT2D eigenvalue weighted by Crippen LogP contribution is -2.13. The van der Waals surface area contributed by atoms with E-state index in [1.54, 1.807) is 18.2 Å². The van der Waals surface area contributed by atoms with Crippen molar-refractivity contribution < 1.29 is 8.42 Å². The molecule has 0 aliphatic rings. The highest BCUT2D eigenvalue weighted by Crippen LogP contribution is 2.28. The van der Waals surface area contributed by atoms with E-state index in [0.717, 1.165) is 22.5 Å². The molecule has 4 aromatic rings. The first kappa shape index (κ1) is 18.8. The van der Waals surface area contributed by atoms with E-state index in [2.05, 4.69) is 9.71 Å². The quantitative estimate of drug-likeness (QED) is 0.469. The van der Waals surface area contributed by atoms with Crippen LogP contribution in [-0.4, -0.2) is 17.8 Å². The van der Waals surface area contributed by atoms with Gasteiger partial charge < -0.3 is 4.40 Å². The van der Waals surface area contributed by atoms with Crippen molar-refractivity contribution in [2.75, 3.05) is 4.72 Å². The Labute approximate surface area is 172 Å². The summed E-state index contributed by atoms with van der Waals surface area (Å²) in [4.78, 5) is 4.58. The van der Waals surface area contributed by atoms with Crippen molar-refractivity contribution in [1.29, 1.82) is 0 Å². The summed E-state index contributed by atoms with van der Waals surface area (Å²) < 4.78 is 30.0. The van der Waals surface area contributed by atoms with Gasteiger partial charge in [-0.15, -0.1) is 0 Å². The smallest absolute Gasteiger partial charge is 0.263 e. The van der Waals surface area contributed by atoms with Gasteiger partial charge in [0, 0.05) is 28.7 Å². The number of nitrogens with one attached hydrogen (secondary N) is 1. The first-order valence-electron chi connectivity index (χ1n) is 8.36. The topological polar surface area (TPSA) is 63.5 Å². The van der Waals surface area contributed by atoms with Crippen LogP contribution in [0.25, 0.3) is 16.9 Å². The summed E-state index contributed by atoms with van der Waals surface area (Å²) in [5, 5.41) is 0.391. The minimum Gasteiger partial charge on any atom is -0.306 e. The SMILES string of the molecule is Cc1cccn2cc(-c3cccc(NS(=O)(=O)c4cc(Cl)ccc4Cl)c3)nc12. The molecule has 8 heteroatoms. The summed E-state index contributed by atoms with van der Waals surface area (Å²) >= 11 is 12.0. The Morgan fingerprint density at radius 1 is 1.04 bits per heavy atom. The summed E-state index contributed by atoms with van der Waals surface area (Å²) in [5.41, 5.74) is 3.86. The molecule has 5 nitrogen and oxygen atoms in total. The van der Waals surface area contributed by atoms with Crippen LogP contribution in [0.15, 0.2) is 71.9 Å². The Morgan fingerprint density at radius 3 is 2.64 bits per heavy atom. The number of imidazole rings is 1. The standard InChI is InChI=1S/C20H15Cl2N3O2S/c1-13-4-3-9-25-12-18(23-20(13)25)14-5-2-6-16(10-14)24-28(26,27)19-11-15(21)7-8-17(19)22/h2-12,24H,1H3. The van der Waals surface area contributed by atoms with Crippen molar-refractivity contribution >= 4 is 44.6 Å². The molecule has 0 fully saturated rings. The lowest BCUT2D eigenvalue weighted by molar-refractivity contribution is 0.601. The molecule has 0 saturated carbocycles. The van der Waals surface area contributed by atoms with Gasteiger partial charge in [-0.05, 0) is 48.9 Å². The highest BCUT2D eigenvalue weighted by atomic mass is 35.5. The maximum atomic E-state index is 12.7. The second-order valence-electron chi connectivity index (χ2n) is 6.31. The molecule has 0 unspecified atom stereocenters. The van der Waals surface area contributed by atoms with Gasteiger partial charge in [-0.2, -0.15) is 0 Å². The number of fused-ring (bicyclic) bond motifs is 1. The molecule has 0 aliphatic heterocycles. The first-order chi connectivity index (χ1) is 13.3. The summed E-state index contributed by atoms with van der Waals surface area (Å²) in [6.45, 7) is 1.99. The van der Waals surface area contributed by atoms with E-state index in [1.807, 2.05) is 41.9 Å². The Hall–Kier alpha value is -2.54. The molecule has 0 spiro atoms. The van der Waals surface area contributed by atoms with Gasteiger partial charge in [0.2, 0.25) is 0 Å². The van der Waals surface area contributed by atoms with Crippen LogP contribution in [0.3, 0.4) is 0 Å². The Kier molecular flexibility index (Phi) is 4.79. The van der Waals surface area contributed by atoms with Gasteiger partial charge in [-0.3, -0.25) is 4.72 Å². The highest BCUT2D eigenvalue weighted by Gasteiger charge is 2.19. The number of rotatable bonds is 4. The number of benzene rings is 2. The molecule has 0 amide bonds. The third-order valence-electron chi connectivity index (χ3n) is 4.27. The van der Waals surface area contributed by atoms with Crippen LogP contribution in [0, 0.1) is 6.92 Å². The van der Waals surface area contributed by atoms with E-state index < -0.39 is 10.0 Å². The number of pyridine rings is 1. The number of nitrogens with zero attached hydrogens (tertiary/aromatic N) is 2. The average molecular weight is 432 g/mol. The predicted molar refractivity (Wildman–Crippen MR) is 113 cm³/mol. The number of hydrogen-bond acceptors (Lipinski definition) is 3. The molecular weight excluding hydrogens is 417 g/mol.